The Morgan fingerprint density at radius 2 is 2.12 bits per heavy atom. The molecule has 1 aromatic heterocycles. The van der Waals surface area contributed by atoms with Crippen LogP contribution in [-0.4, -0.2) is 41.2 Å². The number of nitrogens with zero attached hydrogens (tertiary/aromatic N) is 2. The number of urea groups is 1. The average molecular weight is 329 g/mol. The summed E-state index contributed by atoms with van der Waals surface area (Å²) in [4.78, 5) is 25.8. The number of rotatable bonds is 3. The number of benzene rings is 1. The molecule has 6 nitrogen and oxygen atoms in total. The van der Waals surface area contributed by atoms with Crippen LogP contribution in [0.25, 0.3) is 10.9 Å². The normalized spacial score (nSPS) is 15.0. The molecule has 1 N–H and O–H groups in total. The topological polar surface area (TPSA) is 63.6 Å². The number of aromatic nitrogens is 1. The number of nitrogens with one attached hydrogen (secondary N) is 1. The van der Waals surface area contributed by atoms with E-state index < -0.39 is 12.0 Å². The van der Waals surface area contributed by atoms with E-state index >= 15 is 0 Å². The summed E-state index contributed by atoms with van der Waals surface area (Å²) in [6.07, 6.45) is 2.99. The van der Waals surface area contributed by atoms with Gasteiger partial charge in [-0.3, -0.25) is 0 Å². The van der Waals surface area contributed by atoms with E-state index in [2.05, 4.69) is 39.9 Å². The summed E-state index contributed by atoms with van der Waals surface area (Å²) in [5, 5.41) is 3.97. The molecule has 128 valence electrons. The molecule has 0 saturated heterocycles. The summed E-state index contributed by atoms with van der Waals surface area (Å²) in [6, 6.07) is 5.34. The van der Waals surface area contributed by atoms with Gasteiger partial charge in [-0.2, -0.15) is 0 Å². The molecule has 2 aromatic rings. The Kier molecular flexibility index (Phi) is 4.46. The van der Waals surface area contributed by atoms with Gasteiger partial charge in [0.2, 0.25) is 0 Å². The fraction of sp³-hybridized carbons (Fsp3) is 0.444. The van der Waals surface area contributed by atoms with Crippen LogP contribution in [0, 0.1) is 0 Å². The van der Waals surface area contributed by atoms with Gasteiger partial charge in [-0.05, 0) is 37.5 Å². The molecule has 1 aromatic carbocycles. The van der Waals surface area contributed by atoms with Gasteiger partial charge in [0, 0.05) is 36.7 Å². The standard InChI is InChI=1S/C18H23N3O3/c1-4-20-10-14-8-9-21(18(23)19-12(2)17(22)24-3)11-13-6-5-7-15(20)16(13)14/h5-7,10,12H,4,8-9,11H2,1-3H3,(H,19,23)/t12-/m1/s1. The van der Waals surface area contributed by atoms with Gasteiger partial charge in [-0.15, -0.1) is 0 Å². The SMILES string of the molecule is CCn1cc2c3c(cccc31)CN(C(=O)N[C@H](C)C(=O)OC)CC2. The second kappa shape index (κ2) is 6.55. The third-order valence-electron chi connectivity index (χ3n) is 4.61. The zero-order valence-corrected chi connectivity index (χ0v) is 14.3. The second-order valence-corrected chi connectivity index (χ2v) is 6.12. The first-order chi connectivity index (χ1) is 11.5. The Morgan fingerprint density at radius 1 is 1.33 bits per heavy atom. The number of methoxy groups -OCH3 is 1. The number of hydrogen-bond donors (Lipinski definition) is 1. The molecule has 0 radical (unpaired) electrons. The Labute approximate surface area is 141 Å². The van der Waals surface area contributed by atoms with Crippen molar-refractivity contribution in [3.63, 3.8) is 0 Å². The van der Waals surface area contributed by atoms with Gasteiger partial charge < -0.3 is 19.5 Å². The average Bonchev–Trinajstić information content (AvgIpc) is 2.84. The zero-order chi connectivity index (χ0) is 17.3. The lowest BCUT2D eigenvalue weighted by Gasteiger charge is -2.23. The number of esters is 1. The summed E-state index contributed by atoms with van der Waals surface area (Å²) >= 11 is 0. The van der Waals surface area contributed by atoms with Crippen LogP contribution in [0.3, 0.4) is 0 Å². The number of ether oxygens (including phenoxy) is 1. The van der Waals surface area contributed by atoms with E-state index in [9.17, 15) is 9.59 Å². The number of carbonyl (C=O) groups excluding carboxylic acids is 2. The summed E-state index contributed by atoms with van der Waals surface area (Å²) in [7, 11) is 1.32. The molecule has 1 aliphatic rings. The van der Waals surface area contributed by atoms with Crippen molar-refractivity contribution in [1.29, 1.82) is 0 Å². The summed E-state index contributed by atoms with van der Waals surface area (Å²) in [5.41, 5.74) is 3.64. The van der Waals surface area contributed by atoms with E-state index in [1.165, 1.54) is 23.6 Å². The molecule has 0 spiro atoms. The second-order valence-electron chi connectivity index (χ2n) is 6.12. The van der Waals surface area contributed by atoms with E-state index in [4.69, 9.17) is 0 Å². The minimum absolute atomic E-state index is 0.238. The fourth-order valence-electron chi connectivity index (χ4n) is 3.33. The maximum atomic E-state index is 12.5. The maximum absolute atomic E-state index is 12.5. The van der Waals surface area contributed by atoms with Crippen molar-refractivity contribution in [3.8, 4) is 0 Å². The molecule has 2 amide bonds. The van der Waals surface area contributed by atoms with Crippen LogP contribution >= 0.6 is 0 Å². The highest BCUT2D eigenvalue weighted by atomic mass is 16.5. The van der Waals surface area contributed by atoms with Crippen molar-refractivity contribution in [3.05, 3.63) is 35.5 Å². The minimum atomic E-state index is -0.657. The third kappa shape index (κ3) is 2.84. The summed E-state index contributed by atoms with van der Waals surface area (Å²) < 4.78 is 6.91. The molecule has 2 heterocycles. The largest absolute Gasteiger partial charge is 0.467 e. The first-order valence-corrected chi connectivity index (χ1v) is 8.28. The summed E-state index contributed by atoms with van der Waals surface area (Å²) in [5.74, 6) is -0.443. The monoisotopic (exact) mass is 329 g/mol. The molecular formula is C18H23N3O3. The highest BCUT2D eigenvalue weighted by Gasteiger charge is 2.24. The zero-order valence-electron chi connectivity index (χ0n) is 14.3. The van der Waals surface area contributed by atoms with Crippen LogP contribution in [-0.2, 0) is 29.0 Å². The van der Waals surface area contributed by atoms with Crippen molar-refractivity contribution < 1.29 is 14.3 Å². The van der Waals surface area contributed by atoms with E-state index in [1.807, 2.05) is 6.07 Å². The summed E-state index contributed by atoms with van der Waals surface area (Å²) in [6.45, 7) is 5.85. The third-order valence-corrected chi connectivity index (χ3v) is 4.61. The lowest BCUT2D eigenvalue weighted by molar-refractivity contribution is -0.142. The molecular weight excluding hydrogens is 306 g/mol. The smallest absolute Gasteiger partial charge is 0.328 e. The lowest BCUT2D eigenvalue weighted by Crippen LogP contribution is -2.47. The van der Waals surface area contributed by atoms with Gasteiger partial charge in [0.1, 0.15) is 6.04 Å². The van der Waals surface area contributed by atoms with Crippen LogP contribution in [0.5, 0.6) is 0 Å². The van der Waals surface area contributed by atoms with Gasteiger partial charge in [-0.25, -0.2) is 9.59 Å². The van der Waals surface area contributed by atoms with Crippen LogP contribution in [0.1, 0.15) is 25.0 Å². The van der Waals surface area contributed by atoms with E-state index in [0.29, 0.717) is 13.1 Å². The predicted molar refractivity (Wildman–Crippen MR) is 91.7 cm³/mol. The quantitative estimate of drug-likeness (QED) is 0.879. The van der Waals surface area contributed by atoms with Crippen molar-refractivity contribution in [2.45, 2.75) is 39.4 Å². The number of carbonyl (C=O) groups is 2. The highest BCUT2D eigenvalue weighted by Crippen LogP contribution is 2.29. The Balaban J connectivity index is 1.84. The first-order valence-electron chi connectivity index (χ1n) is 8.28. The fourth-order valence-corrected chi connectivity index (χ4v) is 3.33. The minimum Gasteiger partial charge on any atom is -0.467 e. The Bertz CT molecular complexity index is 781. The van der Waals surface area contributed by atoms with Gasteiger partial charge in [0.25, 0.3) is 0 Å². The Hall–Kier alpha value is -2.50. The van der Waals surface area contributed by atoms with Crippen LogP contribution in [0.15, 0.2) is 24.4 Å². The molecule has 0 fully saturated rings. The van der Waals surface area contributed by atoms with E-state index in [-0.39, 0.29) is 6.03 Å². The Morgan fingerprint density at radius 3 is 2.83 bits per heavy atom. The molecule has 1 atom stereocenters. The number of aryl methyl sites for hydroxylation is 1. The van der Waals surface area contributed by atoms with Gasteiger partial charge in [-0.1, -0.05) is 12.1 Å². The molecule has 0 aliphatic carbocycles. The maximum Gasteiger partial charge on any atom is 0.328 e. The molecule has 0 unspecified atom stereocenters. The molecule has 3 rings (SSSR count). The predicted octanol–water partition coefficient (Wildman–Crippen LogP) is 2.29. The van der Waals surface area contributed by atoms with Crippen LogP contribution in [0.2, 0.25) is 0 Å². The molecule has 6 heteroatoms. The van der Waals surface area contributed by atoms with Gasteiger partial charge >= 0.3 is 12.0 Å². The highest BCUT2D eigenvalue weighted by molar-refractivity contribution is 5.89. The van der Waals surface area contributed by atoms with E-state index in [1.54, 1.807) is 11.8 Å². The molecule has 1 aliphatic heterocycles. The molecule has 0 saturated carbocycles. The molecule has 24 heavy (non-hydrogen) atoms. The van der Waals surface area contributed by atoms with Crippen LogP contribution in [0.4, 0.5) is 4.79 Å². The van der Waals surface area contributed by atoms with Crippen molar-refractivity contribution >= 4 is 22.9 Å². The lowest BCUT2D eigenvalue weighted by atomic mass is 10.1. The van der Waals surface area contributed by atoms with Crippen molar-refractivity contribution in [2.24, 2.45) is 0 Å². The first kappa shape index (κ1) is 16.4. The van der Waals surface area contributed by atoms with Crippen molar-refractivity contribution in [1.82, 2.24) is 14.8 Å². The number of hydrogen-bond acceptors (Lipinski definition) is 3. The van der Waals surface area contributed by atoms with E-state index in [0.717, 1.165) is 18.5 Å². The van der Waals surface area contributed by atoms with Gasteiger partial charge in [0.05, 0.1) is 7.11 Å². The van der Waals surface area contributed by atoms with Crippen molar-refractivity contribution in [2.75, 3.05) is 13.7 Å². The number of amides is 2. The van der Waals surface area contributed by atoms with Crippen LogP contribution < -0.4 is 5.32 Å². The molecule has 0 bridgehead atoms. The van der Waals surface area contributed by atoms with Gasteiger partial charge in [0.15, 0.2) is 0 Å².